The van der Waals surface area contributed by atoms with Crippen LogP contribution in [0.1, 0.15) is 30.4 Å². The number of rotatable bonds is 5. The van der Waals surface area contributed by atoms with Crippen LogP contribution in [0.2, 0.25) is 0 Å². The van der Waals surface area contributed by atoms with E-state index in [4.69, 9.17) is 9.63 Å². The fourth-order valence-corrected chi connectivity index (χ4v) is 3.81. The second kappa shape index (κ2) is 7.58. The molecule has 7 heteroatoms. The molecular formula is C22H23N3O4. The molecule has 0 spiro atoms. The molecule has 0 saturated heterocycles. The molecule has 3 N–H and O–H groups in total. The smallest absolute Gasteiger partial charge is 0.306 e. The van der Waals surface area contributed by atoms with Crippen LogP contribution in [0.3, 0.4) is 0 Å². The van der Waals surface area contributed by atoms with E-state index in [1.807, 2.05) is 38.1 Å². The number of aromatic nitrogens is 2. The molecule has 7 nitrogen and oxygen atoms in total. The number of benzene rings is 2. The zero-order valence-electron chi connectivity index (χ0n) is 16.3. The van der Waals surface area contributed by atoms with Gasteiger partial charge in [-0.2, -0.15) is 4.98 Å². The molecule has 0 amide bonds. The summed E-state index contributed by atoms with van der Waals surface area (Å²) >= 11 is 0. The number of aryl methyl sites for hydroxylation is 2. The number of carboxylic acids is 1. The van der Waals surface area contributed by atoms with Crippen LogP contribution in [-0.2, 0) is 4.79 Å². The Kier molecular flexibility index (Phi) is 4.96. The topological polar surface area (TPSA) is 108 Å². The maximum Gasteiger partial charge on any atom is 0.306 e. The van der Waals surface area contributed by atoms with E-state index in [2.05, 4.69) is 15.5 Å². The van der Waals surface area contributed by atoms with Crippen LogP contribution in [0.25, 0.3) is 22.8 Å². The Balaban J connectivity index is 1.51. The number of hydrogen-bond donors (Lipinski definition) is 3. The second-order valence-electron chi connectivity index (χ2n) is 7.64. The number of phenolic OH excluding ortho intramolecular Hbond substituents is 1. The van der Waals surface area contributed by atoms with Gasteiger partial charge < -0.3 is 20.1 Å². The zero-order valence-corrected chi connectivity index (χ0v) is 16.3. The van der Waals surface area contributed by atoms with Gasteiger partial charge in [0, 0.05) is 22.9 Å². The molecule has 2 aromatic carbocycles. The average molecular weight is 393 g/mol. The van der Waals surface area contributed by atoms with Gasteiger partial charge in [0.05, 0.1) is 5.92 Å². The number of nitrogens with zero attached hydrogens (tertiary/aromatic N) is 2. The van der Waals surface area contributed by atoms with Crippen molar-refractivity contribution >= 4 is 11.7 Å². The highest BCUT2D eigenvalue weighted by Gasteiger charge is 2.29. The van der Waals surface area contributed by atoms with Crippen LogP contribution >= 0.6 is 0 Å². The van der Waals surface area contributed by atoms with Crippen LogP contribution in [0.5, 0.6) is 5.75 Å². The fraction of sp³-hybridized carbons (Fsp3) is 0.318. The molecule has 1 heterocycles. The first kappa shape index (κ1) is 19.0. The number of carbonyl (C=O) groups is 1. The van der Waals surface area contributed by atoms with E-state index in [0.29, 0.717) is 24.6 Å². The predicted molar refractivity (Wildman–Crippen MR) is 109 cm³/mol. The minimum absolute atomic E-state index is 0.175. The van der Waals surface area contributed by atoms with Crippen LogP contribution in [0.4, 0.5) is 5.69 Å². The lowest BCUT2D eigenvalue weighted by atomic mass is 10.1. The van der Waals surface area contributed by atoms with Crippen LogP contribution in [-0.4, -0.2) is 32.4 Å². The quantitative estimate of drug-likeness (QED) is 0.590. The molecule has 1 aliphatic carbocycles. The number of carboxylic acid groups (broad SMARTS) is 1. The standard InChI is InChI=1S/C22H23N3O4/c1-12-10-16(23-17-5-3-15(11-17)22(27)28)6-7-18(12)21-24-20(25-29-21)14-4-8-19(26)13(2)9-14/h4,6-10,15,17,23,26H,3,5,11H2,1-2H3,(H,27,28). The summed E-state index contributed by atoms with van der Waals surface area (Å²) in [4.78, 5) is 15.6. The molecule has 1 fully saturated rings. The Morgan fingerprint density at radius 3 is 2.66 bits per heavy atom. The molecule has 1 aromatic heterocycles. The van der Waals surface area contributed by atoms with Gasteiger partial charge in [0.15, 0.2) is 0 Å². The van der Waals surface area contributed by atoms with Gasteiger partial charge in [0.2, 0.25) is 5.82 Å². The summed E-state index contributed by atoms with van der Waals surface area (Å²) in [6.07, 6.45) is 2.22. The Labute approximate surface area is 168 Å². The number of phenols is 1. The average Bonchev–Trinajstić information content (AvgIpc) is 3.34. The van der Waals surface area contributed by atoms with Gasteiger partial charge in [-0.3, -0.25) is 4.79 Å². The van der Waals surface area contributed by atoms with Crippen LogP contribution in [0, 0.1) is 19.8 Å². The molecule has 0 bridgehead atoms. The van der Waals surface area contributed by atoms with E-state index in [-0.39, 0.29) is 17.7 Å². The molecule has 2 unspecified atom stereocenters. The van der Waals surface area contributed by atoms with Gasteiger partial charge in [0.1, 0.15) is 5.75 Å². The van der Waals surface area contributed by atoms with Gasteiger partial charge in [-0.05, 0) is 80.6 Å². The molecule has 2 atom stereocenters. The maximum absolute atomic E-state index is 11.1. The normalized spacial score (nSPS) is 18.7. The van der Waals surface area contributed by atoms with Crippen molar-refractivity contribution in [2.24, 2.45) is 5.92 Å². The van der Waals surface area contributed by atoms with Crippen molar-refractivity contribution in [3.8, 4) is 28.6 Å². The van der Waals surface area contributed by atoms with E-state index in [0.717, 1.165) is 34.4 Å². The lowest BCUT2D eigenvalue weighted by Crippen LogP contribution is -2.17. The van der Waals surface area contributed by atoms with Gasteiger partial charge in [-0.15, -0.1) is 0 Å². The van der Waals surface area contributed by atoms with E-state index < -0.39 is 5.97 Å². The summed E-state index contributed by atoms with van der Waals surface area (Å²) in [6, 6.07) is 11.3. The molecule has 150 valence electrons. The number of anilines is 1. The SMILES string of the molecule is Cc1cc(-c2noc(-c3ccc(NC4CCC(C(=O)O)C4)cc3C)n2)ccc1O. The molecule has 0 radical (unpaired) electrons. The van der Waals surface area contributed by atoms with E-state index in [1.54, 1.807) is 12.1 Å². The summed E-state index contributed by atoms with van der Waals surface area (Å²) in [7, 11) is 0. The predicted octanol–water partition coefficient (Wildman–Crippen LogP) is 4.39. The summed E-state index contributed by atoms with van der Waals surface area (Å²) in [5.74, 6) is 0.162. The second-order valence-corrected chi connectivity index (χ2v) is 7.64. The third-order valence-corrected chi connectivity index (χ3v) is 5.49. The zero-order chi connectivity index (χ0) is 20.5. The van der Waals surface area contributed by atoms with E-state index in [9.17, 15) is 9.90 Å². The van der Waals surface area contributed by atoms with Gasteiger partial charge in [-0.1, -0.05) is 5.16 Å². The van der Waals surface area contributed by atoms with Crippen molar-refractivity contribution in [1.82, 2.24) is 10.1 Å². The molecular weight excluding hydrogens is 370 g/mol. The van der Waals surface area contributed by atoms with Crippen molar-refractivity contribution in [2.75, 3.05) is 5.32 Å². The summed E-state index contributed by atoms with van der Waals surface area (Å²) < 4.78 is 5.46. The third kappa shape index (κ3) is 3.94. The van der Waals surface area contributed by atoms with Crippen LogP contribution < -0.4 is 5.32 Å². The van der Waals surface area contributed by atoms with E-state index in [1.165, 1.54) is 0 Å². The summed E-state index contributed by atoms with van der Waals surface area (Å²) in [5, 5.41) is 26.3. The Morgan fingerprint density at radius 2 is 1.97 bits per heavy atom. The van der Waals surface area contributed by atoms with Gasteiger partial charge in [0.25, 0.3) is 5.89 Å². The van der Waals surface area contributed by atoms with Gasteiger partial charge >= 0.3 is 5.97 Å². The highest BCUT2D eigenvalue weighted by atomic mass is 16.5. The molecule has 0 aliphatic heterocycles. The van der Waals surface area contributed by atoms with Crippen LogP contribution in [0.15, 0.2) is 40.9 Å². The van der Waals surface area contributed by atoms with Crippen molar-refractivity contribution < 1.29 is 19.5 Å². The third-order valence-electron chi connectivity index (χ3n) is 5.49. The number of aliphatic carboxylic acids is 1. The van der Waals surface area contributed by atoms with Crippen molar-refractivity contribution in [2.45, 2.75) is 39.2 Å². The van der Waals surface area contributed by atoms with Crippen molar-refractivity contribution in [3.63, 3.8) is 0 Å². The van der Waals surface area contributed by atoms with Gasteiger partial charge in [-0.25, -0.2) is 0 Å². The highest BCUT2D eigenvalue weighted by Crippen LogP contribution is 2.31. The maximum atomic E-state index is 11.1. The largest absolute Gasteiger partial charge is 0.508 e. The number of aromatic hydroxyl groups is 1. The fourth-order valence-electron chi connectivity index (χ4n) is 3.81. The number of hydrogen-bond acceptors (Lipinski definition) is 6. The molecule has 1 aliphatic rings. The monoisotopic (exact) mass is 393 g/mol. The molecule has 1 saturated carbocycles. The summed E-state index contributed by atoms with van der Waals surface area (Å²) in [6.45, 7) is 3.79. The minimum Gasteiger partial charge on any atom is -0.508 e. The Bertz CT molecular complexity index is 1060. The molecule has 3 aromatic rings. The first-order valence-corrected chi connectivity index (χ1v) is 9.65. The Hall–Kier alpha value is -3.35. The molecule has 29 heavy (non-hydrogen) atoms. The first-order chi connectivity index (χ1) is 13.9. The first-order valence-electron chi connectivity index (χ1n) is 9.65. The van der Waals surface area contributed by atoms with Crippen molar-refractivity contribution in [1.29, 1.82) is 0 Å². The number of nitrogens with one attached hydrogen (secondary N) is 1. The van der Waals surface area contributed by atoms with E-state index >= 15 is 0 Å². The summed E-state index contributed by atoms with van der Waals surface area (Å²) in [5.41, 5.74) is 4.31. The highest BCUT2D eigenvalue weighted by molar-refractivity contribution is 5.71. The minimum atomic E-state index is -0.711. The molecule has 4 rings (SSSR count). The lowest BCUT2D eigenvalue weighted by Gasteiger charge is -2.15. The Morgan fingerprint density at radius 1 is 1.14 bits per heavy atom. The van der Waals surface area contributed by atoms with Crippen molar-refractivity contribution in [3.05, 3.63) is 47.5 Å². The lowest BCUT2D eigenvalue weighted by molar-refractivity contribution is -0.141.